The fourth-order valence-corrected chi connectivity index (χ4v) is 9.21. The van der Waals surface area contributed by atoms with Crippen molar-refractivity contribution in [3.8, 4) is 0 Å². The Balaban J connectivity index is 1.42. The summed E-state index contributed by atoms with van der Waals surface area (Å²) in [7, 11) is 0. The lowest BCUT2D eigenvalue weighted by Crippen LogP contribution is -2.67. The van der Waals surface area contributed by atoms with Gasteiger partial charge >= 0.3 is 0 Å². The van der Waals surface area contributed by atoms with Gasteiger partial charge in [-0.15, -0.1) is 0 Å². The van der Waals surface area contributed by atoms with Crippen molar-refractivity contribution in [2.75, 3.05) is 0 Å². The van der Waals surface area contributed by atoms with Crippen LogP contribution in [0, 0.1) is 46.3 Å². The van der Waals surface area contributed by atoms with Gasteiger partial charge in [-0.05, 0) is 73.0 Å². The number of aliphatic hydroxyl groups excluding tert-OH is 3. The summed E-state index contributed by atoms with van der Waals surface area (Å²) >= 11 is 0. The lowest BCUT2D eigenvalue weighted by molar-refractivity contribution is -0.193. The molecule has 12 unspecified atom stereocenters. The molecule has 1 aliphatic heterocycles. The third-order valence-corrected chi connectivity index (χ3v) is 11.2. The SMILES string of the molecule is C=C(C=CC(C)C1CCC2C3C(O)C4OC45CC(O)CC(O)C5(C)C3CCC12C)C(C)C. The number of hydrogen-bond acceptors (Lipinski definition) is 4. The molecule has 4 aliphatic carbocycles. The monoisotopic (exact) mass is 444 g/mol. The lowest BCUT2D eigenvalue weighted by atomic mass is 9.43. The van der Waals surface area contributed by atoms with E-state index in [9.17, 15) is 15.3 Å². The van der Waals surface area contributed by atoms with E-state index in [1.807, 2.05) is 0 Å². The molecule has 1 heterocycles. The molecule has 0 bridgehead atoms. The van der Waals surface area contributed by atoms with Crippen molar-refractivity contribution in [1.82, 2.24) is 0 Å². The van der Waals surface area contributed by atoms with Gasteiger partial charge in [0.25, 0.3) is 0 Å². The highest BCUT2D eigenvalue weighted by molar-refractivity contribution is 5.29. The van der Waals surface area contributed by atoms with E-state index < -0.39 is 23.9 Å². The molecule has 3 N–H and O–H groups in total. The minimum Gasteiger partial charge on any atom is -0.393 e. The molecule has 0 aromatic carbocycles. The molecule has 5 aliphatic rings. The minimum absolute atomic E-state index is 0.177. The molecular formula is C28H44O4. The second kappa shape index (κ2) is 7.41. The molecule has 0 aromatic heterocycles. The summed E-state index contributed by atoms with van der Waals surface area (Å²) < 4.78 is 6.27. The second-order valence-electron chi connectivity index (χ2n) is 12.8. The van der Waals surface area contributed by atoms with E-state index >= 15 is 0 Å². The molecular weight excluding hydrogens is 400 g/mol. The van der Waals surface area contributed by atoms with E-state index in [4.69, 9.17) is 4.74 Å². The minimum atomic E-state index is -0.568. The fraction of sp³-hybridized carbons (Fsp3) is 0.857. The van der Waals surface area contributed by atoms with Gasteiger partial charge in [-0.3, -0.25) is 0 Å². The number of ether oxygens (including phenoxy) is 1. The van der Waals surface area contributed by atoms with Crippen molar-refractivity contribution in [2.45, 2.75) is 103 Å². The zero-order chi connectivity index (χ0) is 23.2. The number of epoxide rings is 1. The van der Waals surface area contributed by atoms with Crippen LogP contribution in [0.15, 0.2) is 24.3 Å². The molecule has 0 amide bonds. The van der Waals surface area contributed by atoms with E-state index in [1.165, 1.54) is 12.0 Å². The van der Waals surface area contributed by atoms with Gasteiger partial charge in [0, 0.05) is 11.8 Å². The summed E-state index contributed by atoms with van der Waals surface area (Å²) in [6, 6.07) is 0. The van der Waals surface area contributed by atoms with Crippen molar-refractivity contribution in [3.05, 3.63) is 24.3 Å². The zero-order valence-electron chi connectivity index (χ0n) is 20.6. The molecule has 4 nitrogen and oxygen atoms in total. The Hall–Kier alpha value is -0.680. The maximum absolute atomic E-state index is 11.5. The summed E-state index contributed by atoms with van der Waals surface area (Å²) in [6.07, 6.45) is 8.28. The molecule has 4 saturated carbocycles. The van der Waals surface area contributed by atoms with Crippen molar-refractivity contribution in [1.29, 1.82) is 0 Å². The summed E-state index contributed by atoms with van der Waals surface area (Å²) in [5.41, 5.74) is 0.478. The maximum Gasteiger partial charge on any atom is 0.114 e. The predicted octanol–water partition coefficient (Wildman–Crippen LogP) is 4.48. The number of allylic oxidation sites excluding steroid dienone is 3. The predicted molar refractivity (Wildman–Crippen MR) is 126 cm³/mol. The fourth-order valence-electron chi connectivity index (χ4n) is 9.21. The number of aliphatic hydroxyl groups is 3. The van der Waals surface area contributed by atoms with Gasteiger partial charge in [0.1, 0.15) is 11.7 Å². The van der Waals surface area contributed by atoms with Crippen LogP contribution in [-0.4, -0.2) is 45.3 Å². The van der Waals surface area contributed by atoms with Gasteiger partial charge in [0.05, 0.1) is 18.3 Å². The summed E-state index contributed by atoms with van der Waals surface area (Å²) in [5, 5.41) is 33.2. The quantitative estimate of drug-likeness (QED) is 0.441. The van der Waals surface area contributed by atoms with Crippen molar-refractivity contribution < 1.29 is 20.1 Å². The van der Waals surface area contributed by atoms with E-state index in [2.05, 4.69) is 53.3 Å². The lowest BCUT2D eigenvalue weighted by Gasteiger charge is -2.61. The van der Waals surface area contributed by atoms with E-state index in [-0.39, 0.29) is 28.8 Å². The van der Waals surface area contributed by atoms with Gasteiger partial charge in [-0.25, -0.2) is 0 Å². The van der Waals surface area contributed by atoms with Crippen molar-refractivity contribution in [3.63, 3.8) is 0 Å². The first-order valence-corrected chi connectivity index (χ1v) is 13.1. The molecule has 32 heavy (non-hydrogen) atoms. The molecule has 5 fully saturated rings. The molecule has 0 aromatic rings. The molecule has 0 radical (unpaired) electrons. The van der Waals surface area contributed by atoms with Gasteiger partial charge in [0.2, 0.25) is 0 Å². The number of hydrogen-bond donors (Lipinski definition) is 3. The third kappa shape index (κ3) is 2.88. The van der Waals surface area contributed by atoms with Crippen molar-refractivity contribution in [2.24, 2.45) is 46.3 Å². The van der Waals surface area contributed by atoms with Crippen LogP contribution < -0.4 is 0 Å². The highest BCUT2D eigenvalue weighted by atomic mass is 16.6. The van der Waals surface area contributed by atoms with Crippen LogP contribution in [0.2, 0.25) is 0 Å². The van der Waals surface area contributed by atoms with Gasteiger partial charge in [-0.1, -0.05) is 58.9 Å². The smallest absolute Gasteiger partial charge is 0.114 e. The molecule has 1 spiro atoms. The number of fused-ring (bicyclic) bond motifs is 4. The van der Waals surface area contributed by atoms with E-state index in [0.29, 0.717) is 36.5 Å². The average Bonchev–Trinajstić information content (AvgIpc) is 3.34. The molecule has 1 saturated heterocycles. The summed E-state index contributed by atoms with van der Waals surface area (Å²) in [4.78, 5) is 0. The Bertz CT molecular complexity index is 805. The van der Waals surface area contributed by atoms with Crippen LogP contribution >= 0.6 is 0 Å². The largest absolute Gasteiger partial charge is 0.393 e. The average molecular weight is 445 g/mol. The highest BCUT2D eigenvalue weighted by Gasteiger charge is 2.81. The Morgan fingerprint density at radius 2 is 1.78 bits per heavy atom. The van der Waals surface area contributed by atoms with Crippen molar-refractivity contribution >= 4 is 0 Å². The Morgan fingerprint density at radius 1 is 1.06 bits per heavy atom. The number of rotatable bonds is 4. The molecule has 180 valence electrons. The normalized spacial score (nSPS) is 55.2. The van der Waals surface area contributed by atoms with Gasteiger partial charge in [-0.2, -0.15) is 0 Å². The molecule has 12 atom stereocenters. The van der Waals surface area contributed by atoms with Gasteiger partial charge < -0.3 is 20.1 Å². The first kappa shape index (κ1) is 23.1. The van der Waals surface area contributed by atoms with E-state index in [0.717, 1.165) is 19.3 Å². The highest BCUT2D eigenvalue weighted by Crippen LogP contribution is 2.74. The first-order valence-electron chi connectivity index (χ1n) is 13.1. The Kier molecular flexibility index (Phi) is 5.34. The van der Waals surface area contributed by atoms with Gasteiger partial charge in [0.15, 0.2) is 0 Å². The van der Waals surface area contributed by atoms with E-state index in [1.54, 1.807) is 0 Å². The van der Waals surface area contributed by atoms with Crippen LogP contribution in [0.4, 0.5) is 0 Å². The summed E-state index contributed by atoms with van der Waals surface area (Å²) in [5.74, 6) is 2.45. The first-order chi connectivity index (χ1) is 15.0. The third-order valence-electron chi connectivity index (χ3n) is 11.2. The van der Waals surface area contributed by atoms with Crippen LogP contribution in [0.25, 0.3) is 0 Å². The zero-order valence-corrected chi connectivity index (χ0v) is 20.6. The summed E-state index contributed by atoms with van der Waals surface area (Å²) in [6.45, 7) is 15.6. The standard InChI is InChI=1S/C28H44O4/c1-15(2)16(3)7-8-17(4)19-9-10-20-23-21(11-12-26(19,20)5)27(6)22(30)13-18(29)14-28(27)25(32-28)24(23)31/h7-8,15,17-25,29-31H,3,9-14H2,1-2,4-6H3. The van der Waals surface area contributed by atoms with Crippen LogP contribution in [-0.2, 0) is 4.74 Å². The van der Waals surface area contributed by atoms with Crippen LogP contribution in [0.1, 0.15) is 73.1 Å². The molecule has 5 rings (SSSR count). The second-order valence-corrected chi connectivity index (χ2v) is 12.8. The molecule has 4 heteroatoms. The Labute approximate surface area is 194 Å². The maximum atomic E-state index is 11.5. The van der Waals surface area contributed by atoms with Crippen LogP contribution in [0.5, 0.6) is 0 Å². The Morgan fingerprint density at radius 3 is 2.47 bits per heavy atom. The van der Waals surface area contributed by atoms with Crippen LogP contribution in [0.3, 0.4) is 0 Å². The topological polar surface area (TPSA) is 73.2 Å².